The molecule has 5 heteroatoms. The molecule has 0 aliphatic rings. The molecule has 0 saturated carbocycles. The van der Waals surface area contributed by atoms with Crippen LogP contribution in [0.2, 0.25) is 0 Å². The van der Waals surface area contributed by atoms with Crippen molar-refractivity contribution in [2.75, 3.05) is 0 Å². The molecule has 2 rings (SSSR count). The van der Waals surface area contributed by atoms with Crippen LogP contribution in [0, 0.1) is 6.92 Å². The van der Waals surface area contributed by atoms with E-state index in [1.807, 2.05) is 4.57 Å². The van der Waals surface area contributed by atoms with Crippen LogP contribution in [0.5, 0.6) is 0 Å². The van der Waals surface area contributed by atoms with Gasteiger partial charge in [0.2, 0.25) is 0 Å². The van der Waals surface area contributed by atoms with Gasteiger partial charge in [-0.2, -0.15) is 0 Å². The monoisotopic (exact) mass is 236 g/mol. The summed E-state index contributed by atoms with van der Waals surface area (Å²) < 4.78 is 1.99. The maximum absolute atomic E-state index is 3.79. The molecule has 86 valence electrons. The number of nitrogens with one attached hydrogen (secondary N) is 1. The van der Waals surface area contributed by atoms with Crippen LogP contribution in [-0.4, -0.2) is 20.8 Å². The summed E-state index contributed by atoms with van der Waals surface area (Å²) in [5.41, 5.74) is 1.37. The highest BCUT2D eigenvalue weighted by Crippen LogP contribution is 2.15. The van der Waals surface area contributed by atoms with Crippen molar-refractivity contribution < 1.29 is 0 Å². The first-order chi connectivity index (χ1) is 7.75. The zero-order chi connectivity index (χ0) is 11.4. The number of hydrogen-bond donors (Lipinski definition) is 1. The molecule has 0 amide bonds. The lowest BCUT2D eigenvalue weighted by atomic mass is 10.2. The topological polar surface area (TPSA) is 42.7 Å². The van der Waals surface area contributed by atoms with Gasteiger partial charge in [0.25, 0.3) is 0 Å². The SMILES string of the molecule is Cc1ccsc1CNC(C)Cn1cnnc1. The third kappa shape index (κ3) is 2.90. The van der Waals surface area contributed by atoms with Crippen molar-refractivity contribution in [1.82, 2.24) is 20.1 Å². The molecule has 1 atom stereocenters. The fourth-order valence-electron chi connectivity index (χ4n) is 1.55. The van der Waals surface area contributed by atoms with E-state index in [2.05, 4.69) is 40.8 Å². The third-order valence-electron chi connectivity index (χ3n) is 2.53. The van der Waals surface area contributed by atoms with Gasteiger partial charge in [0.15, 0.2) is 0 Å². The van der Waals surface area contributed by atoms with E-state index in [0.29, 0.717) is 6.04 Å². The van der Waals surface area contributed by atoms with E-state index in [1.54, 1.807) is 24.0 Å². The average molecular weight is 236 g/mol. The highest BCUT2D eigenvalue weighted by Gasteiger charge is 2.04. The second-order valence-electron chi connectivity index (χ2n) is 3.97. The van der Waals surface area contributed by atoms with Gasteiger partial charge in [-0.3, -0.25) is 0 Å². The number of thiophene rings is 1. The van der Waals surface area contributed by atoms with Crippen LogP contribution in [0.1, 0.15) is 17.4 Å². The van der Waals surface area contributed by atoms with Crippen molar-refractivity contribution in [2.45, 2.75) is 33.0 Å². The van der Waals surface area contributed by atoms with Gasteiger partial charge in [0.1, 0.15) is 12.7 Å². The fourth-order valence-corrected chi connectivity index (χ4v) is 2.41. The van der Waals surface area contributed by atoms with Crippen molar-refractivity contribution in [3.63, 3.8) is 0 Å². The number of nitrogens with zero attached hydrogens (tertiary/aromatic N) is 3. The van der Waals surface area contributed by atoms with E-state index in [0.717, 1.165) is 13.1 Å². The van der Waals surface area contributed by atoms with Gasteiger partial charge >= 0.3 is 0 Å². The number of hydrogen-bond acceptors (Lipinski definition) is 4. The molecule has 0 spiro atoms. The van der Waals surface area contributed by atoms with Crippen LogP contribution in [0.3, 0.4) is 0 Å². The first kappa shape index (κ1) is 11.3. The van der Waals surface area contributed by atoms with Crippen LogP contribution < -0.4 is 5.32 Å². The molecule has 16 heavy (non-hydrogen) atoms. The van der Waals surface area contributed by atoms with Crippen LogP contribution in [0.25, 0.3) is 0 Å². The summed E-state index contributed by atoms with van der Waals surface area (Å²) in [6.07, 6.45) is 3.49. The van der Waals surface area contributed by atoms with Crippen molar-refractivity contribution in [1.29, 1.82) is 0 Å². The summed E-state index contributed by atoms with van der Waals surface area (Å²) in [6.45, 7) is 6.16. The molecule has 0 aliphatic carbocycles. The Morgan fingerprint density at radius 1 is 1.44 bits per heavy atom. The maximum Gasteiger partial charge on any atom is 0.119 e. The Kier molecular flexibility index (Phi) is 3.69. The average Bonchev–Trinajstić information content (AvgIpc) is 2.87. The molecule has 0 aromatic carbocycles. The van der Waals surface area contributed by atoms with E-state index >= 15 is 0 Å². The fraction of sp³-hybridized carbons (Fsp3) is 0.455. The molecule has 0 aliphatic heterocycles. The van der Waals surface area contributed by atoms with E-state index in [1.165, 1.54) is 10.4 Å². The quantitative estimate of drug-likeness (QED) is 0.861. The highest BCUT2D eigenvalue weighted by atomic mass is 32.1. The molecule has 0 saturated heterocycles. The molecule has 0 fully saturated rings. The predicted molar refractivity (Wildman–Crippen MR) is 65.4 cm³/mol. The zero-order valence-corrected chi connectivity index (χ0v) is 10.4. The minimum atomic E-state index is 0.414. The molecule has 1 unspecified atom stereocenters. The van der Waals surface area contributed by atoms with E-state index < -0.39 is 0 Å². The Bertz CT molecular complexity index is 421. The van der Waals surface area contributed by atoms with Crippen LogP contribution in [0.4, 0.5) is 0 Å². The molecular weight excluding hydrogens is 220 g/mol. The normalized spacial score (nSPS) is 12.9. The van der Waals surface area contributed by atoms with Gasteiger partial charge in [-0.05, 0) is 30.9 Å². The Balaban J connectivity index is 1.80. The van der Waals surface area contributed by atoms with Crippen molar-refractivity contribution >= 4 is 11.3 Å². The van der Waals surface area contributed by atoms with Crippen molar-refractivity contribution in [2.24, 2.45) is 0 Å². The first-order valence-corrected chi connectivity index (χ1v) is 6.22. The molecular formula is C11H16N4S. The minimum absolute atomic E-state index is 0.414. The summed E-state index contributed by atoms with van der Waals surface area (Å²) in [4.78, 5) is 1.41. The Morgan fingerprint density at radius 3 is 2.81 bits per heavy atom. The minimum Gasteiger partial charge on any atom is -0.319 e. The van der Waals surface area contributed by atoms with Crippen LogP contribution in [-0.2, 0) is 13.1 Å². The molecule has 2 heterocycles. The summed E-state index contributed by atoms with van der Waals surface area (Å²) in [5, 5.41) is 13.2. The smallest absolute Gasteiger partial charge is 0.119 e. The number of aromatic nitrogens is 3. The standard InChI is InChI=1S/C11H16N4S/c1-9-3-4-16-11(9)5-12-10(2)6-15-7-13-14-8-15/h3-4,7-8,10,12H,5-6H2,1-2H3. The predicted octanol–water partition coefficient (Wildman–Crippen LogP) is 1.83. The lowest BCUT2D eigenvalue weighted by molar-refractivity contribution is 0.477. The van der Waals surface area contributed by atoms with Gasteiger partial charge in [-0.15, -0.1) is 21.5 Å². The van der Waals surface area contributed by atoms with Crippen LogP contribution >= 0.6 is 11.3 Å². The zero-order valence-electron chi connectivity index (χ0n) is 9.55. The third-order valence-corrected chi connectivity index (χ3v) is 3.55. The van der Waals surface area contributed by atoms with Gasteiger partial charge < -0.3 is 9.88 Å². The molecule has 0 radical (unpaired) electrons. The number of aryl methyl sites for hydroxylation is 1. The van der Waals surface area contributed by atoms with Gasteiger partial charge in [-0.1, -0.05) is 0 Å². The van der Waals surface area contributed by atoms with Crippen LogP contribution in [0.15, 0.2) is 24.1 Å². The first-order valence-electron chi connectivity index (χ1n) is 5.34. The molecule has 2 aromatic rings. The maximum atomic E-state index is 3.79. The van der Waals surface area contributed by atoms with E-state index in [9.17, 15) is 0 Å². The molecule has 0 bridgehead atoms. The van der Waals surface area contributed by atoms with Gasteiger partial charge in [-0.25, -0.2) is 0 Å². The molecule has 1 N–H and O–H groups in total. The Hall–Kier alpha value is -1.20. The Labute approximate surface area is 99.3 Å². The largest absolute Gasteiger partial charge is 0.319 e. The summed E-state index contributed by atoms with van der Waals surface area (Å²) >= 11 is 1.81. The summed E-state index contributed by atoms with van der Waals surface area (Å²) in [7, 11) is 0. The summed E-state index contributed by atoms with van der Waals surface area (Å²) in [5.74, 6) is 0. The van der Waals surface area contributed by atoms with Crippen molar-refractivity contribution in [3.8, 4) is 0 Å². The molecule has 2 aromatic heterocycles. The lowest BCUT2D eigenvalue weighted by Gasteiger charge is -2.13. The lowest BCUT2D eigenvalue weighted by Crippen LogP contribution is -2.29. The second-order valence-corrected chi connectivity index (χ2v) is 4.97. The second kappa shape index (κ2) is 5.23. The van der Waals surface area contributed by atoms with Crippen molar-refractivity contribution in [3.05, 3.63) is 34.5 Å². The van der Waals surface area contributed by atoms with E-state index in [-0.39, 0.29) is 0 Å². The molecule has 4 nitrogen and oxygen atoms in total. The van der Waals surface area contributed by atoms with E-state index in [4.69, 9.17) is 0 Å². The summed E-state index contributed by atoms with van der Waals surface area (Å²) in [6, 6.07) is 2.57. The highest BCUT2D eigenvalue weighted by molar-refractivity contribution is 7.10. The number of rotatable bonds is 5. The van der Waals surface area contributed by atoms with Gasteiger partial charge in [0.05, 0.1) is 0 Å². The Morgan fingerprint density at radius 2 is 2.19 bits per heavy atom. The van der Waals surface area contributed by atoms with Gasteiger partial charge in [0, 0.05) is 24.0 Å².